The molecule has 12 saturated heterocycles. The number of halogens is 6. The van der Waals surface area contributed by atoms with Crippen molar-refractivity contribution in [1.82, 2.24) is 48.4 Å². The highest BCUT2D eigenvalue weighted by molar-refractivity contribution is 7.88. The number of nitrogens with one attached hydrogen (secondary N) is 1. The molecule has 149 heavy (non-hydrogen) atoms. The number of carbonyl (C=O) groups is 5. The SMILES string of the molecule is NC1COCC1N(C1CCNCC1)S(=O)(=O)N1C[C@H](CCCB(O)O)[C@](N)(C(=O)O)C1.NC1COCC1N(C1CCOCC1)S(=O)(=O)N1C[C@H](CCCB(O)O)[C@](N)(C(=O)O)C1.NC1COCC1N(CC(F)(F)F)S(=O)(=O)N1C[C@H](CCCB(O)O)[C@](N)(C(=O)O)C1.NC1COCC1N(CC(F)F)S(=O)(=O)N1C[C@H](CCCB(O)O)[C@](N)(C(=O)O)C1.NC1COCC1N(CCF)S(=O)(=O)N1C[C@H](CCCB(O)O)[C@](N)(C(=O)O)C1. The summed E-state index contributed by atoms with van der Waals surface area (Å²) in [4.78, 5) is 59.2. The number of carboxylic acids is 5. The lowest BCUT2D eigenvalue weighted by Gasteiger charge is -2.40. The first-order valence-corrected chi connectivity index (χ1v) is 55.9. The van der Waals surface area contributed by atoms with Crippen LogP contribution in [0, 0.1) is 29.6 Å². The average molecular weight is 2260 g/mol. The van der Waals surface area contributed by atoms with Crippen LogP contribution in [0.15, 0.2) is 0 Å². The van der Waals surface area contributed by atoms with Crippen LogP contribution >= 0.6 is 0 Å². The van der Waals surface area contributed by atoms with Gasteiger partial charge in [-0.15, -0.1) is 0 Å². The maximum Gasteiger partial charge on any atom is 0.451 e. The van der Waals surface area contributed by atoms with Gasteiger partial charge in [0.2, 0.25) is 0 Å². The quantitative estimate of drug-likeness (QED) is 0.0199. The summed E-state index contributed by atoms with van der Waals surface area (Å²) >= 11 is 0. The minimum Gasteiger partial charge on any atom is -0.480 e. The largest absolute Gasteiger partial charge is 0.480 e. The summed E-state index contributed by atoms with van der Waals surface area (Å²) in [6, 6.07) is -8.01. The Bertz CT molecular complexity index is 4800. The fraction of sp³-hybridized carbons (Fsp3) is 0.934. The summed E-state index contributed by atoms with van der Waals surface area (Å²) in [5, 5.41) is 141. The van der Waals surface area contributed by atoms with E-state index in [1.807, 2.05) is 0 Å². The second-order valence-corrected chi connectivity index (χ2v) is 49.3. The van der Waals surface area contributed by atoms with Gasteiger partial charge >= 0.3 is 71.6 Å². The Hall–Kier alpha value is -4.48. The van der Waals surface area contributed by atoms with Gasteiger partial charge in [-0.25, -0.2) is 13.2 Å². The molecule has 12 aliphatic heterocycles. The van der Waals surface area contributed by atoms with E-state index in [1.54, 1.807) is 0 Å². The van der Waals surface area contributed by atoms with Crippen molar-refractivity contribution in [2.75, 3.05) is 184 Å². The molecule has 12 rings (SSSR count). The van der Waals surface area contributed by atoms with Crippen LogP contribution in [-0.4, -0.2) is 523 Å². The topological polar surface area (TPSA) is 920 Å². The van der Waals surface area contributed by atoms with E-state index in [0.717, 1.165) is 21.5 Å². The molecule has 0 aromatic heterocycles. The van der Waals surface area contributed by atoms with Gasteiger partial charge in [0.1, 0.15) is 40.9 Å². The molecule has 10 unspecified atom stereocenters. The predicted octanol–water partition coefficient (Wildman–Crippen LogP) is -13.1. The van der Waals surface area contributed by atoms with Gasteiger partial charge in [-0.1, -0.05) is 32.1 Å². The van der Waals surface area contributed by atoms with Crippen molar-refractivity contribution in [3.05, 3.63) is 0 Å². The molecule has 0 aliphatic carbocycles. The van der Waals surface area contributed by atoms with Crippen LogP contribution in [0.4, 0.5) is 26.3 Å². The molecule has 0 saturated carbocycles. The Morgan fingerprint density at radius 3 is 0.832 bits per heavy atom. The molecule has 0 spiro atoms. The van der Waals surface area contributed by atoms with Crippen LogP contribution in [0.2, 0.25) is 31.6 Å². The van der Waals surface area contributed by atoms with Crippen molar-refractivity contribution in [2.24, 2.45) is 86.9 Å². The number of hydrogen-bond acceptors (Lipinski definition) is 42. The number of rotatable bonds is 47. The van der Waals surface area contributed by atoms with E-state index in [1.165, 1.54) is 8.61 Å². The van der Waals surface area contributed by atoms with E-state index < -0.39 is 299 Å². The normalized spacial score (nSPS) is 32.0. The molecule has 20 atom stereocenters. The van der Waals surface area contributed by atoms with Crippen molar-refractivity contribution in [3.8, 4) is 0 Å². The van der Waals surface area contributed by atoms with Crippen LogP contribution in [0.25, 0.3) is 0 Å². The van der Waals surface area contributed by atoms with Gasteiger partial charge in [-0.3, -0.25) is 24.0 Å². The Balaban J connectivity index is 0.000000227. The second-order valence-electron chi connectivity index (χ2n) is 40.0. The molecule has 12 aliphatic rings. The van der Waals surface area contributed by atoms with Gasteiger partial charge in [0, 0.05) is 157 Å². The molecular weight excluding hydrogens is 2110 g/mol. The Morgan fingerprint density at radius 2 is 0.597 bits per heavy atom. The highest BCUT2D eigenvalue weighted by atomic mass is 32.2. The summed E-state index contributed by atoms with van der Waals surface area (Å²) in [5.74, 6) is -10.7. The monoisotopic (exact) mass is 2260 g/mol. The van der Waals surface area contributed by atoms with Gasteiger partial charge in [0.05, 0.1) is 103 Å². The molecule has 12 fully saturated rings. The summed E-state index contributed by atoms with van der Waals surface area (Å²) in [5.41, 5.74) is 50.8. The first kappa shape index (κ1) is 130. The lowest BCUT2D eigenvalue weighted by atomic mass is 9.78. The average Bonchev–Trinajstić information content (AvgIpc) is 1.62. The zero-order chi connectivity index (χ0) is 112. The smallest absolute Gasteiger partial charge is 0.451 e. The Labute approximate surface area is 862 Å². The van der Waals surface area contributed by atoms with Gasteiger partial charge in [0.15, 0.2) is 0 Å². The highest BCUT2D eigenvalue weighted by Gasteiger charge is 2.62. The summed E-state index contributed by atoms with van der Waals surface area (Å²) < 4.78 is 253. The number of nitrogens with two attached hydrogens (primary N) is 10. The van der Waals surface area contributed by atoms with E-state index in [2.05, 4.69) is 5.32 Å². The molecule has 860 valence electrons. The van der Waals surface area contributed by atoms with Crippen molar-refractivity contribution in [1.29, 1.82) is 0 Å². The molecular formula is C76H148B5F6N21O36S5. The Morgan fingerprint density at radius 1 is 0.362 bits per heavy atom. The Kier molecular flexibility index (Phi) is 48.2. The third kappa shape index (κ3) is 32.7. The van der Waals surface area contributed by atoms with Gasteiger partial charge in [0.25, 0.3) is 57.5 Å². The molecule has 12 heterocycles. The molecule has 57 nitrogen and oxygen atoms in total. The number of hydrogen-bond donors (Lipinski definition) is 26. The van der Waals surface area contributed by atoms with Gasteiger partial charge in [-0.2, -0.15) is 98.3 Å². The van der Waals surface area contributed by atoms with E-state index >= 15 is 0 Å². The van der Waals surface area contributed by atoms with Crippen molar-refractivity contribution >= 4 is 116 Å². The minimum absolute atomic E-state index is 0.0151. The van der Waals surface area contributed by atoms with E-state index in [0.29, 0.717) is 73.4 Å². The number of aliphatic carboxylic acids is 5. The van der Waals surface area contributed by atoms with E-state index in [-0.39, 0.29) is 205 Å². The number of alkyl halides is 6. The highest BCUT2D eigenvalue weighted by Crippen LogP contribution is 2.43. The van der Waals surface area contributed by atoms with Crippen molar-refractivity contribution in [2.45, 2.75) is 234 Å². The third-order valence-corrected chi connectivity index (χ3v) is 39.4. The number of piperidine rings is 1. The van der Waals surface area contributed by atoms with Crippen LogP contribution in [-0.2, 0) is 103 Å². The minimum atomic E-state index is -4.86. The number of carboxylic acid groups (broad SMARTS) is 5. The van der Waals surface area contributed by atoms with Gasteiger partial charge < -0.3 is 167 Å². The molecule has 0 bridgehead atoms. The van der Waals surface area contributed by atoms with Crippen molar-refractivity contribution < 1.29 is 197 Å². The van der Waals surface area contributed by atoms with Crippen LogP contribution < -0.4 is 62.7 Å². The zero-order valence-corrected chi connectivity index (χ0v) is 86.4. The first-order chi connectivity index (χ1) is 69.2. The summed E-state index contributed by atoms with van der Waals surface area (Å²) in [6.45, 7) is -5.04. The predicted molar refractivity (Wildman–Crippen MR) is 518 cm³/mol. The zero-order valence-electron chi connectivity index (χ0n) is 82.3. The van der Waals surface area contributed by atoms with Crippen LogP contribution in [0.5, 0.6) is 0 Å². The summed E-state index contributed by atoms with van der Waals surface area (Å²) in [7, 11) is -29.4. The maximum absolute atomic E-state index is 13.8. The van der Waals surface area contributed by atoms with Crippen molar-refractivity contribution in [3.63, 3.8) is 0 Å². The molecule has 0 aromatic rings. The third-order valence-electron chi connectivity index (χ3n) is 29.5. The van der Waals surface area contributed by atoms with E-state index in [4.69, 9.17) is 136 Å². The standard InChI is InChI=1S/C17H34BN5O7S.C17H33BN4O8S.C14H26BF3N4O7S.C14H27BF2N4O7S.C14H28BFN4O7S/c19-14-9-30-10-15(14)23(13-3-6-21-7-4-13)31(28,29)22-8-12(2-1-5-18(26)27)17(20,11-22)16(24)25;19-14-9-30-10-15(14)22(13-3-6-29-7-4-13)31(27,28)21-8-12(2-1-5-18(25)26)17(20,11-21)16(23)24;16-14(17,18)8-22(11-6-29-5-10(11)19)30(27,28)21-4-9(2-1-3-15(25)26)13(20,7-21)12(23)24;16-12(17)5-21(11-7-28-6-10(11)18)29(26,27)20-4-9(2-1-3-15(24)25)14(19,8-20)13(22)23;16-4-5-20(12-8-27-7-11(12)17)28(25,26)19-6-10(2-1-3-15(23)24)14(18,9-19)13(21)22/h12-15,21,26-27H,1-11,19-20H2,(H,24,25);12-15,25-26H,1-11,19-20H2,(H,23,24);9-11,25-26H,1-8,19-20H2,(H,23,24);9-12,24-25H,1-8,18-19H2,(H,22,23);10-12,23-24H,1-9,17-18H2,(H,21,22)/t2*12-,14?,15?,17-;9-,10?,11?,13-;9-,10?,11?,14-;10-,11?,12?,14-/m00000/s1. The number of ether oxygens (including phenoxy) is 6. The second kappa shape index (κ2) is 55.3. The molecule has 0 amide bonds. The van der Waals surface area contributed by atoms with E-state index in [9.17, 15) is 118 Å². The molecule has 0 aromatic carbocycles. The molecule has 0 radical (unpaired) electrons. The fourth-order valence-corrected chi connectivity index (χ4v) is 30.9. The maximum atomic E-state index is 13.8. The first-order valence-electron chi connectivity index (χ1n) is 48.9. The van der Waals surface area contributed by atoms with Gasteiger partial charge in [-0.05, 0) is 102 Å². The van der Waals surface area contributed by atoms with Crippen LogP contribution in [0.3, 0.4) is 0 Å². The van der Waals surface area contributed by atoms with Crippen LogP contribution in [0.1, 0.15) is 89.9 Å². The fourth-order valence-electron chi connectivity index (χ4n) is 20.8. The lowest BCUT2D eigenvalue weighted by molar-refractivity contribution is -0.145. The molecule has 36 N–H and O–H groups in total. The number of nitrogens with zero attached hydrogens (tertiary/aromatic N) is 10. The molecule has 73 heteroatoms. The summed E-state index contributed by atoms with van der Waals surface area (Å²) in [6.07, 6.45) is -3.43. The lowest BCUT2D eigenvalue weighted by Crippen LogP contribution is -2.60.